The quantitative estimate of drug-likeness (QED) is 0.581. The summed E-state index contributed by atoms with van der Waals surface area (Å²) >= 11 is 1.43. The zero-order valence-electron chi connectivity index (χ0n) is 5.89. The van der Waals surface area contributed by atoms with Gasteiger partial charge < -0.3 is 0 Å². The highest BCUT2D eigenvalue weighted by molar-refractivity contribution is 7.10. The van der Waals surface area contributed by atoms with Gasteiger partial charge in [0.1, 0.15) is 11.6 Å². The molecule has 2 rings (SSSR count). The molecule has 0 bridgehead atoms. The van der Waals surface area contributed by atoms with E-state index in [0.717, 1.165) is 11.3 Å². The summed E-state index contributed by atoms with van der Waals surface area (Å²) in [6.07, 6.45) is 1.64. The molecule has 0 fully saturated rings. The second kappa shape index (κ2) is 2.41. The van der Waals surface area contributed by atoms with Crippen LogP contribution in [-0.4, -0.2) is 5.78 Å². The number of thiophene rings is 1. The molecule has 0 radical (unpaired) electrons. The molecule has 1 aromatic rings. The SMILES string of the molecule is O=C1CCc2scc(F)c2C1. The van der Waals surface area contributed by atoms with Gasteiger partial charge in [-0.2, -0.15) is 0 Å². The van der Waals surface area contributed by atoms with Gasteiger partial charge in [0.25, 0.3) is 0 Å². The van der Waals surface area contributed by atoms with Crippen LogP contribution < -0.4 is 0 Å². The summed E-state index contributed by atoms with van der Waals surface area (Å²) in [5, 5.41) is 1.49. The molecule has 0 aromatic carbocycles. The number of aryl methyl sites for hydroxylation is 1. The highest BCUT2D eigenvalue weighted by Gasteiger charge is 2.20. The summed E-state index contributed by atoms with van der Waals surface area (Å²) in [5.74, 6) is -0.0344. The average molecular weight is 170 g/mol. The van der Waals surface area contributed by atoms with Crippen molar-refractivity contribution in [3.63, 3.8) is 0 Å². The van der Waals surface area contributed by atoms with Crippen molar-refractivity contribution in [2.24, 2.45) is 0 Å². The number of Topliss-reactive ketones (excluding diaryl/α,β-unsaturated/α-hetero) is 1. The first-order chi connectivity index (χ1) is 5.27. The topological polar surface area (TPSA) is 17.1 Å². The zero-order valence-corrected chi connectivity index (χ0v) is 6.71. The maximum absolute atomic E-state index is 12.9. The summed E-state index contributed by atoms with van der Waals surface area (Å²) in [6.45, 7) is 0. The monoisotopic (exact) mass is 170 g/mol. The molecule has 1 nitrogen and oxygen atoms in total. The van der Waals surface area contributed by atoms with Gasteiger partial charge in [-0.15, -0.1) is 11.3 Å². The molecule has 0 atom stereocenters. The van der Waals surface area contributed by atoms with E-state index in [4.69, 9.17) is 0 Å². The third kappa shape index (κ3) is 1.09. The van der Waals surface area contributed by atoms with E-state index in [2.05, 4.69) is 0 Å². The largest absolute Gasteiger partial charge is 0.299 e. The number of hydrogen-bond donors (Lipinski definition) is 0. The molecular weight excluding hydrogens is 163 g/mol. The Hall–Kier alpha value is -0.700. The number of carbonyl (C=O) groups is 1. The molecule has 58 valence electrons. The van der Waals surface area contributed by atoms with E-state index in [0.29, 0.717) is 18.4 Å². The molecular formula is C8H7FOS. The fourth-order valence-corrected chi connectivity index (χ4v) is 2.25. The second-order valence-electron chi connectivity index (χ2n) is 2.70. The molecule has 0 aliphatic heterocycles. The first-order valence-electron chi connectivity index (χ1n) is 3.54. The number of fused-ring (bicyclic) bond motifs is 1. The number of rotatable bonds is 0. The molecule has 0 N–H and O–H groups in total. The predicted molar refractivity (Wildman–Crippen MR) is 41.3 cm³/mol. The van der Waals surface area contributed by atoms with Crippen molar-refractivity contribution in [1.82, 2.24) is 0 Å². The van der Waals surface area contributed by atoms with Crippen LogP contribution in [0.2, 0.25) is 0 Å². The van der Waals surface area contributed by atoms with Crippen LogP contribution in [0, 0.1) is 5.82 Å². The van der Waals surface area contributed by atoms with Gasteiger partial charge in [0.2, 0.25) is 0 Å². The lowest BCUT2D eigenvalue weighted by molar-refractivity contribution is -0.118. The summed E-state index contributed by atoms with van der Waals surface area (Å²) < 4.78 is 12.9. The fourth-order valence-electron chi connectivity index (χ4n) is 1.33. The van der Waals surface area contributed by atoms with Crippen molar-refractivity contribution in [1.29, 1.82) is 0 Å². The van der Waals surface area contributed by atoms with Gasteiger partial charge in [-0.05, 0) is 6.42 Å². The van der Waals surface area contributed by atoms with Crippen LogP contribution in [0.4, 0.5) is 4.39 Å². The lowest BCUT2D eigenvalue weighted by Gasteiger charge is -2.08. The molecule has 0 saturated carbocycles. The van der Waals surface area contributed by atoms with E-state index in [9.17, 15) is 9.18 Å². The summed E-state index contributed by atoms with van der Waals surface area (Å²) in [7, 11) is 0. The van der Waals surface area contributed by atoms with Crippen LogP contribution in [0.15, 0.2) is 5.38 Å². The highest BCUT2D eigenvalue weighted by Crippen LogP contribution is 2.27. The summed E-state index contributed by atoms with van der Waals surface area (Å²) in [4.78, 5) is 12.0. The molecule has 1 aliphatic carbocycles. The Morgan fingerprint density at radius 1 is 1.45 bits per heavy atom. The maximum Gasteiger partial charge on any atom is 0.137 e. The second-order valence-corrected chi connectivity index (χ2v) is 3.67. The van der Waals surface area contributed by atoms with E-state index < -0.39 is 0 Å². The molecule has 0 amide bonds. The molecule has 1 aliphatic rings. The third-order valence-corrected chi connectivity index (χ3v) is 2.99. The van der Waals surface area contributed by atoms with Gasteiger partial charge in [-0.25, -0.2) is 4.39 Å². The smallest absolute Gasteiger partial charge is 0.137 e. The van der Waals surface area contributed by atoms with Gasteiger partial charge in [0.15, 0.2) is 0 Å². The fraction of sp³-hybridized carbons (Fsp3) is 0.375. The van der Waals surface area contributed by atoms with Crippen molar-refractivity contribution < 1.29 is 9.18 Å². The minimum absolute atomic E-state index is 0.162. The molecule has 1 aromatic heterocycles. The van der Waals surface area contributed by atoms with Crippen molar-refractivity contribution in [2.45, 2.75) is 19.3 Å². The molecule has 0 spiro atoms. The summed E-state index contributed by atoms with van der Waals surface area (Å²) in [6, 6.07) is 0. The molecule has 3 heteroatoms. The number of halogens is 1. The Balaban J connectivity index is 2.45. The third-order valence-electron chi connectivity index (χ3n) is 1.93. The van der Waals surface area contributed by atoms with Crippen LogP contribution in [-0.2, 0) is 17.6 Å². The van der Waals surface area contributed by atoms with Crippen molar-refractivity contribution in [3.8, 4) is 0 Å². The van der Waals surface area contributed by atoms with Gasteiger partial charge >= 0.3 is 0 Å². The van der Waals surface area contributed by atoms with E-state index in [1.807, 2.05) is 0 Å². The molecule has 11 heavy (non-hydrogen) atoms. The summed E-state index contributed by atoms with van der Waals surface area (Å²) in [5.41, 5.74) is 0.645. The minimum Gasteiger partial charge on any atom is -0.299 e. The maximum atomic E-state index is 12.9. The van der Waals surface area contributed by atoms with Crippen LogP contribution in [0.3, 0.4) is 0 Å². The molecule has 0 saturated heterocycles. The van der Waals surface area contributed by atoms with Crippen molar-refractivity contribution >= 4 is 17.1 Å². The lowest BCUT2D eigenvalue weighted by Crippen LogP contribution is -2.11. The van der Waals surface area contributed by atoms with E-state index in [-0.39, 0.29) is 11.6 Å². The Morgan fingerprint density at radius 3 is 3.09 bits per heavy atom. The predicted octanol–water partition coefficient (Wildman–Crippen LogP) is 1.95. The van der Waals surface area contributed by atoms with Crippen LogP contribution >= 0.6 is 11.3 Å². The number of hydrogen-bond acceptors (Lipinski definition) is 2. The minimum atomic E-state index is -0.196. The van der Waals surface area contributed by atoms with E-state index in [1.165, 1.54) is 16.7 Å². The zero-order chi connectivity index (χ0) is 7.84. The molecule has 0 unspecified atom stereocenters. The molecule has 1 heterocycles. The van der Waals surface area contributed by atoms with Gasteiger partial charge in [-0.3, -0.25) is 4.79 Å². The Labute approximate surface area is 67.9 Å². The first-order valence-corrected chi connectivity index (χ1v) is 4.42. The number of carbonyl (C=O) groups excluding carboxylic acids is 1. The Kier molecular flexibility index (Phi) is 1.53. The van der Waals surface area contributed by atoms with Gasteiger partial charge in [0.05, 0.1) is 0 Å². The van der Waals surface area contributed by atoms with E-state index in [1.54, 1.807) is 0 Å². The average Bonchev–Trinajstić information content (AvgIpc) is 2.33. The van der Waals surface area contributed by atoms with Crippen LogP contribution in [0.25, 0.3) is 0 Å². The van der Waals surface area contributed by atoms with Crippen molar-refractivity contribution in [2.75, 3.05) is 0 Å². The Morgan fingerprint density at radius 2 is 2.27 bits per heavy atom. The standard InChI is InChI=1S/C8H7FOS/c9-7-4-11-8-2-1-5(10)3-6(7)8/h4H,1-3H2. The van der Waals surface area contributed by atoms with Crippen LogP contribution in [0.1, 0.15) is 16.9 Å². The van der Waals surface area contributed by atoms with E-state index >= 15 is 0 Å². The van der Waals surface area contributed by atoms with Gasteiger partial charge in [0, 0.05) is 28.7 Å². The number of ketones is 1. The van der Waals surface area contributed by atoms with Gasteiger partial charge in [-0.1, -0.05) is 0 Å². The highest BCUT2D eigenvalue weighted by atomic mass is 32.1. The lowest BCUT2D eigenvalue weighted by atomic mass is 9.98. The first kappa shape index (κ1) is 6.98. The van der Waals surface area contributed by atoms with Crippen molar-refractivity contribution in [3.05, 3.63) is 21.6 Å². The van der Waals surface area contributed by atoms with Crippen LogP contribution in [0.5, 0.6) is 0 Å². The Bertz CT molecular complexity index is 303. The normalized spacial score (nSPS) is 16.6.